The summed E-state index contributed by atoms with van der Waals surface area (Å²) in [6.07, 6.45) is 1.26. The molecule has 0 bridgehead atoms. The van der Waals surface area contributed by atoms with E-state index in [1.807, 2.05) is 47.4 Å². The summed E-state index contributed by atoms with van der Waals surface area (Å²) in [7, 11) is 0. The number of rotatable bonds is 4. The van der Waals surface area contributed by atoms with Gasteiger partial charge in [-0.3, -0.25) is 9.59 Å². The van der Waals surface area contributed by atoms with E-state index >= 15 is 0 Å². The number of hydrogen-bond acceptors (Lipinski definition) is 3. The number of carbonyl (C=O) groups is 2. The maximum atomic E-state index is 12.8. The third kappa shape index (κ3) is 3.23. The highest BCUT2D eigenvalue weighted by Gasteiger charge is 2.43. The molecular formula is C22H21NO3S. The first-order valence-electron chi connectivity index (χ1n) is 9.12. The summed E-state index contributed by atoms with van der Waals surface area (Å²) in [5, 5.41) is 13.1. The topological polar surface area (TPSA) is 57.6 Å². The molecule has 2 heterocycles. The van der Waals surface area contributed by atoms with Gasteiger partial charge in [0, 0.05) is 17.8 Å². The SMILES string of the molecule is O=C(Cc1csc2ccccc12)N1CCC(C(=O)O)(c2ccccc2)CC1. The zero-order valence-electron chi connectivity index (χ0n) is 14.9. The predicted octanol–water partition coefficient (Wildman–Crippen LogP) is 4.09. The largest absolute Gasteiger partial charge is 0.481 e. The van der Waals surface area contributed by atoms with Gasteiger partial charge in [-0.25, -0.2) is 0 Å². The molecule has 0 atom stereocenters. The molecular weight excluding hydrogens is 358 g/mol. The zero-order valence-corrected chi connectivity index (χ0v) is 15.7. The van der Waals surface area contributed by atoms with Crippen LogP contribution in [0.25, 0.3) is 10.1 Å². The van der Waals surface area contributed by atoms with E-state index < -0.39 is 11.4 Å². The van der Waals surface area contributed by atoms with Crippen LogP contribution in [0.1, 0.15) is 24.0 Å². The van der Waals surface area contributed by atoms with Gasteiger partial charge in [0.15, 0.2) is 0 Å². The van der Waals surface area contributed by atoms with Gasteiger partial charge in [-0.1, -0.05) is 48.5 Å². The number of carboxylic acids is 1. The Morgan fingerprint density at radius 1 is 1.00 bits per heavy atom. The number of likely N-dealkylation sites (tertiary alicyclic amines) is 1. The first kappa shape index (κ1) is 17.7. The lowest BCUT2D eigenvalue weighted by Crippen LogP contribution is -2.49. The highest BCUT2D eigenvalue weighted by atomic mass is 32.1. The number of benzene rings is 2. The maximum Gasteiger partial charge on any atom is 0.314 e. The zero-order chi connectivity index (χ0) is 18.9. The Morgan fingerprint density at radius 2 is 1.67 bits per heavy atom. The van der Waals surface area contributed by atoms with Gasteiger partial charge in [0.05, 0.1) is 11.8 Å². The Hall–Kier alpha value is -2.66. The summed E-state index contributed by atoms with van der Waals surface area (Å²) in [4.78, 5) is 26.7. The van der Waals surface area contributed by atoms with E-state index in [4.69, 9.17) is 0 Å². The van der Waals surface area contributed by atoms with Crippen molar-refractivity contribution < 1.29 is 14.7 Å². The van der Waals surface area contributed by atoms with E-state index in [0.717, 1.165) is 16.5 Å². The number of fused-ring (bicyclic) bond motifs is 1. The number of carboxylic acid groups (broad SMARTS) is 1. The van der Waals surface area contributed by atoms with Crippen molar-refractivity contribution in [3.63, 3.8) is 0 Å². The number of piperidine rings is 1. The molecule has 1 aliphatic heterocycles. The molecule has 3 aromatic rings. The highest BCUT2D eigenvalue weighted by molar-refractivity contribution is 7.17. The van der Waals surface area contributed by atoms with Crippen LogP contribution in [0.4, 0.5) is 0 Å². The molecule has 1 amide bonds. The molecule has 27 heavy (non-hydrogen) atoms. The average molecular weight is 379 g/mol. The molecule has 1 fully saturated rings. The summed E-state index contributed by atoms with van der Waals surface area (Å²) >= 11 is 1.66. The van der Waals surface area contributed by atoms with E-state index in [1.165, 1.54) is 4.70 Å². The van der Waals surface area contributed by atoms with Crippen LogP contribution in [0.5, 0.6) is 0 Å². The molecule has 1 saturated heterocycles. The molecule has 0 spiro atoms. The van der Waals surface area contributed by atoms with Crippen LogP contribution in [0, 0.1) is 0 Å². The van der Waals surface area contributed by atoms with Crippen LogP contribution in [-0.4, -0.2) is 35.0 Å². The van der Waals surface area contributed by atoms with E-state index in [-0.39, 0.29) is 5.91 Å². The first-order chi connectivity index (χ1) is 13.1. The van der Waals surface area contributed by atoms with Crippen LogP contribution in [0.3, 0.4) is 0 Å². The Labute approximate surface area is 162 Å². The normalized spacial score (nSPS) is 16.4. The second-order valence-corrected chi connectivity index (χ2v) is 7.98. The standard InChI is InChI=1S/C22H21NO3S/c24-20(14-16-15-27-19-9-5-4-8-18(16)19)23-12-10-22(11-13-23,21(25)26)17-6-2-1-3-7-17/h1-9,15H,10-14H2,(H,25,26). The maximum absolute atomic E-state index is 12.8. The Bertz CT molecular complexity index is 971. The van der Waals surface area contributed by atoms with Crippen molar-refractivity contribution in [1.82, 2.24) is 4.90 Å². The second-order valence-electron chi connectivity index (χ2n) is 7.07. The van der Waals surface area contributed by atoms with Crippen molar-refractivity contribution in [3.8, 4) is 0 Å². The van der Waals surface area contributed by atoms with Crippen molar-refractivity contribution in [3.05, 3.63) is 71.1 Å². The fraction of sp³-hybridized carbons (Fsp3) is 0.273. The lowest BCUT2D eigenvalue weighted by atomic mass is 9.73. The summed E-state index contributed by atoms with van der Waals surface area (Å²) in [6, 6.07) is 17.5. The van der Waals surface area contributed by atoms with Crippen molar-refractivity contribution in [2.75, 3.05) is 13.1 Å². The van der Waals surface area contributed by atoms with Gasteiger partial charge in [0.25, 0.3) is 0 Å². The van der Waals surface area contributed by atoms with Crippen molar-refractivity contribution >= 4 is 33.3 Å². The molecule has 1 N–H and O–H groups in total. The van der Waals surface area contributed by atoms with E-state index in [0.29, 0.717) is 32.4 Å². The second kappa shape index (κ2) is 7.16. The predicted molar refractivity (Wildman–Crippen MR) is 107 cm³/mol. The number of aliphatic carboxylic acids is 1. The number of thiophene rings is 1. The summed E-state index contributed by atoms with van der Waals surface area (Å²) in [5.74, 6) is -0.727. The summed E-state index contributed by atoms with van der Waals surface area (Å²) in [5.41, 5.74) is 0.986. The number of amides is 1. The van der Waals surface area contributed by atoms with Gasteiger partial charge in [0.1, 0.15) is 0 Å². The Morgan fingerprint density at radius 3 is 2.37 bits per heavy atom. The molecule has 0 unspecified atom stereocenters. The summed E-state index contributed by atoms with van der Waals surface area (Å²) in [6.45, 7) is 0.949. The van der Waals surface area contributed by atoms with Gasteiger partial charge < -0.3 is 10.0 Å². The van der Waals surface area contributed by atoms with Crippen LogP contribution in [0.2, 0.25) is 0 Å². The molecule has 1 aromatic heterocycles. The van der Waals surface area contributed by atoms with E-state index in [9.17, 15) is 14.7 Å². The number of hydrogen-bond donors (Lipinski definition) is 1. The van der Waals surface area contributed by atoms with Crippen LogP contribution in [0.15, 0.2) is 60.0 Å². The minimum atomic E-state index is -0.896. The molecule has 0 radical (unpaired) electrons. The third-order valence-corrected chi connectivity index (χ3v) is 6.62. The highest BCUT2D eigenvalue weighted by Crippen LogP contribution is 2.36. The molecule has 0 saturated carbocycles. The number of carbonyl (C=O) groups excluding carboxylic acids is 1. The summed E-state index contributed by atoms with van der Waals surface area (Å²) < 4.78 is 1.19. The van der Waals surface area contributed by atoms with Crippen molar-refractivity contribution in [1.29, 1.82) is 0 Å². The van der Waals surface area contributed by atoms with Gasteiger partial charge in [0.2, 0.25) is 5.91 Å². The third-order valence-electron chi connectivity index (χ3n) is 5.61. The average Bonchev–Trinajstić information content (AvgIpc) is 3.11. The Kier molecular flexibility index (Phi) is 4.70. The van der Waals surface area contributed by atoms with E-state index in [1.54, 1.807) is 11.3 Å². The van der Waals surface area contributed by atoms with Crippen LogP contribution < -0.4 is 0 Å². The first-order valence-corrected chi connectivity index (χ1v) is 10.00. The lowest BCUT2D eigenvalue weighted by Gasteiger charge is -2.39. The monoisotopic (exact) mass is 379 g/mol. The van der Waals surface area contributed by atoms with Gasteiger partial charge >= 0.3 is 5.97 Å². The minimum Gasteiger partial charge on any atom is -0.481 e. The minimum absolute atomic E-state index is 0.0746. The molecule has 4 rings (SSSR count). The fourth-order valence-electron chi connectivity index (χ4n) is 3.97. The molecule has 5 heteroatoms. The van der Waals surface area contributed by atoms with E-state index in [2.05, 4.69) is 17.5 Å². The van der Waals surface area contributed by atoms with Crippen LogP contribution in [-0.2, 0) is 21.4 Å². The molecule has 1 aliphatic rings. The van der Waals surface area contributed by atoms with Gasteiger partial charge in [-0.15, -0.1) is 11.3 Å². The Balaban J connectivity index is 1.48. The molecule has 0 aliphatic carbocycles. The smallest absolute Gasteiger partial charge is 0.314 e. The van der Waals surface area contributed by atoms with Crippen molar-refractivity contribution in [2.24, 2.45) is 0 Å². The number of nitrogens with zero attached hydrogens (tertiary/aromatic N) is 1. The fourth-order valence-corrected chi connectivity index (χ4v) is 4.93. The van der Waals surface area contributed by atoms with Gasteiger partial charge in [-0.05, 0) is 40.8 Å². The molecule has 2 aromatic carbocycles. The quantitative estimate of drug-likeness (QED) is 0.743. The van der Waals surface area contributed by atoms with Crippen LogP contribution >= 0.6 is 11.3 Å². The lowest BCUT2D eigenvalue weighted by molar-refractivity contribution is -0.148. The van der Waals surface area contributed by atoms with Gasteiger partial charge in [-0.2, -0.15) is 0 Å². The molecule has 4 nitrogen and oxygen atoms in total. The van der Waals surface area contributed by atoms with Crippen molar-refractivity contribution in [2.45, 2.75) is 24.7 Å². The molecule has 138 valence electrons.